The summed E-state index contributed by atoms with van der Waals surface area (Å²) in [6.07, 6.45) is 4.39. The van der Waals surface area contributed by atoms with Crippen molar-refractivity contribution in [3.05, 3.63) is 35.9 Å². The third kappa shape index (κ3) is 2.59. The van der Waals surface area contributed by atoms with E-state index in [1.165, 1.54) is 18.4 Å². The van der Waals surface area contributed by atoms with E-state index in [4.69, 9.17) is 0 Å². The molecule has 108 valence electrons. The molecule has 0 aromatic heterocycles. The molecule has 1 saturated carbocycles. The van der Waals surface area contributed by atoms with Crippen molar-refractivity contribution in [2.75, 3.05) is 0 Å². The Morgan fingerprint density at radius 2 is 1.90 bits per heavy atom. The van der Waals surface area contributed by atoms with Crippen LogP contribution in [-0.2, 0) is 11.2 Å². The molecule has 0 bridgehead atoms. The van der Waals surface area contributed by atoms with E-state index in [0.717, 1.165) is 18.8 Å². The number of nitrogens with zero attached hydrogens (tertiary/aromatic N) is 1. The van der Waals surface area contributed by atoms with Crippen molar-refractivity contribution in [3.8, 4) is 0 Å². The fourth-order valence-corrected chi connectivity index (χ4v) is 3.56. The van der Waals surface area contributed by atoms with Gasteiger partial charge >= 0.3 is 0 Å². The van der Waals surface area contributed by atoms with E-state index in [9.17, 15) is 4.79 Å². The van der Waals surface area contributed by atoms with Crippen LogP contribution in [0, 0.1) is 5.92 Å². The highest BCUT2D eigenvalue weighted by molar-refractivity contribution is 5.84. The van der Waals surface area contributed by atoms with E-state index in [1.807, 2.05) is 6.07 Å². The number of carbonyl (C=O) groups is 1. The minimum absolute atomic E-state index is 0.00103. The molecule has 3 nitrogen and oxygen atoms in total. The maximum atomic E-state index is 12.5. The van der Waals surface area contributed by atoms with E-state index in [-0.39, 0.29) is 12.2 Å². The van der Waals surface area contributed by atoms with Gasteiger partial charge in [-0.1, -0.05) is 37.3 Å². The Bertz CT molecular complexity index is 467. The molecule has 2 atom stereocenters. The van der Waals surface area contributed by atoms with Crippen molar-refractivity contribution in [3.63, 3.8) is 0 Å². The van der Waals surface area contributed by atoms with Crippen molar-refractivity contribution in [2.45, 2.75) is 57.8 Å². The minimum atomic E-state index is 0.00103. The van der Waals surface area contributed by atoms with Gasteiger partial charge in [0.15, 0.2) is 0 Å². The normalized spacial score (nSPS) is 33.3. The van der Waals surface area contributed by atoms with Gasteiger partial charge in [-0.25, -0.2) is 0 Å². The molecular weight excluding hydrogens is 248 g/mol. The molecule has 2 fully saturated rings. The minimum Gasteiger partial charge on any atom is -0.323 e. The number of amides is 1. The van der Waals surface area contributed by atoms with E-state index in [1.54, 1.807) is 0 Å². The van der Waals surface area contributed by atoms with E-state index in [2.05, 4.69) is 48.3 Å². The fraction of sp³-hybridized carbons (Fsp3) is 0.588. The van der Waals surface area contributed by atoms with Crippen LogP contribution in [0.3, 0.4) is 0 Å². The Morgan fingerprint density at radius 1 is 1.20 bits per heavy atom. The first kappa shape index (κ1) is 13.6. The van der Waals surface area contributed by atoms with Crippen LogP contribution in [0.2, 0.25) is 0 Å². The van der Waals surface area contributed by atoms with Gasteiger partial charge in [0, 0.05) is 6.04 Å². The van der Waals surface area contributed by atoms with Gasteiger partial charge in [-0.05, 0) is 44.1 Å². The first-order valence-corrected chi connectivity index (χ1v) is 7.77. The van der Waals surface area contributed by atoms with Crippen LogP contribution in [0.5, 0.6) is 0 Å². The second-order valence-electron chi connectivity index (χ2n) is 6.40. The van der Waals surface area contributed by atoms with Crippen LogP contribution in [0.15, 0.2) is 30.3 Å². The van der Waals surface area contributed by atoms with Crippen molar-refractivity contribution >= 4 is 5.91 Å². The quantitative estimate of drug-likeness (QED) is 0.913. The number of benzene rings is 1. The molecule has 1 amide bonds. The predicted octanol–water partition coefficient (Wildman–Crippen LogP) is 2.56. The average molecular weight is 272 g/mol. The number of nitrogens with one attached hydrogen (secondary N) is 1. The first-order chi connectivity index (χ1) is 9.65. The van der Waals surface area contributed by atoms with Gasteiger partial charge in [-0.3, -0.25) is 10.1 Å². The lowest BCUT2D eigenvalue weighted by molar-refractivity contribution is -0.134. The molecule has 3 rings (SSSR count). The Labute approximate surface area is 121 Å². The van der Waals surface area contributed by atoms with Crippen molar-refractivity contribution in [2.24, 2.45) is 5.92 Å². The number of aryl methyl sites for hydroxylation is 1. The zero-order chi connectivity index (χ0) is 14.1. The van der Waals surface area contributed by atoms with Crippen LogP contribution in [0.1, 0.15) is 38.7 Å². The van der Waals surface area contributed by atoms with Crippen LogP contribution < -0.4 is 5.32 Å². The number of carbonyl (C=O) groups excluding carboxylic acids is 1. The molecule has 1 N–H and O–H groups in total. The maximum absolute atomic E-state index is 12.5. The molecule has 3 heteroatoms. The largest absolute Gasteiger partial charge is 0.323 e. The van der Waals surface area contributed by atoms with E-state index < -0.39 is 0 Å². The molecule has 1 aliphatic heterocycles. The van der Waals surface area contributed by atoms with E-state index in [0.29, 0.717) is 11.9 Å². The smallest absolute Gasteiger partial charge is 0.241 e. The Morgan fingerprint density at radius 3 is 2.55 bits per heavy atom. The van der Waals surface area contributed by atoms with Gasteiger partial charge in [0.2, 0.25) is 5.91 Å². The van der Waals surface area contributed by atoms with Crippen LogP contribution >= 0.6 is 0 Å². The van der Waals surface area contributed by atoms with Crippen molar-refractivity contribution < 1.29 is 4.79 Å². The van der Waals surface area contributed by atoms with Gasteiger partial charge in [0.25, 0.3) is 0 Å². The average Bonchev–Trinajstić information content (AvgIpc) is 2.69. The summed E-state index contributed by atoms with van der Waals surface area (Å²) >= 11 is 0. The highest BCUT2D eigenvalue weighted by Crippen LogP contribution is 2.34. The van der Waals surface area contributed by atoms with Gasteiger partial charge in [-0.2, -0.15) is 0 Å². The summed E-state index contributed by atoms with van der Waals surface area (Å²) in [4.78, 5) is 14.6. The summed E-state index contributed by atoms with van der Waals surface area (Å²) in [5.74, 6) is 1.09. The molecule has 1 saturated heterocycles. The summed E-state index contributed by atoms with van der Waals surface area (Å²) in [6, 6.07) is 10.9. The van der Waals surface area contributed by atoms with Gasteiger partial charge in [0.05, 0.1) is 12.2 Å². The molecule has 1 aromatic rings. The highest BCUT2D eigenvalue weighted by atomic mass is 16.2. The highest BCUT2D eigenvalue weighted by Gasteiger charge is 2.43. The monoisotopic (exact) mass is 272 g/mol. The zero-order valence-corrected chi connectivity index (χ0v) is 12.4. The topological polar surface area (TPSA) is 32.3 Å². The van der Waals surface area contributed by atoms with Crippen LogP contribution in [-0.4, -0.2) is 29.1 Å². The molecule has 1 aromatic carbocycles. The standard InChI is InChI=1S/C17H24N2O/c1-12-10-15(11-12)19-13(2)18-16(17(19)20)9-8-14-6-4-3-5-7-14/h3-7,12-13,15-16,18H,8-11H2,1-2H3. The number of hydrogen-bond acceptors (Lipinski definition) is 2. The molecule has 20 heavy (non-hydrogen) atoms. The summed E-state index contributed by atoms with van der Waals surface area (Å²) in [5, 5.41) is 3.46. The van der Waals surface area contributed by atoms with Gasteiger partial charge in [0.1, 0.15) is 0 Å². The van der Waals surface area contributed by atoms with Crippen LogP contribution in [0.4, 0.5) is 0 Å². The lowest BCUT2D eigenvalue weighted by atomic mass is 9.80. The van der Waals surface area contributed by atoms with Gasteiger partial charge < -0.3 is 4.90 Å². The van der Waals surface area contributed by atoms with E-state index >= 15 is 0 Å². The lowest BCUT2D eigenvalue weighted by Crippen LogP contribution is -2.49. The fourth-order valence-electron chi connectivity index (χ4n) is 3.56. The second kappa shape index (κ2) is 5.57. The molecule has 1 aliphatic carbocycles. The summed E-state index contributed by atoms with van der Waals surface area (Å²) in [6.45, 7) is 4.38. The first-order valence-electron chi connectivity index (χ1n) is 7.77. The predicted molar refractivity (Wildman–Crippen MR) is 80.2 cm³/mol. The van der Waals surface area contributed by atoms with Crippen LogP contribution in [0.25, 0.3) is 0 Å². The Hall–Kier alpha value is -1.35. The third-order valence-electron chi connectivity index (χ3n) is 4.72. The summed E-state index contributed by atoms with van der Waals surface area (Å²) in [5.41, 5.74) is 1.31. The third-order valence-corrected chi connectivity index (χ3v) is 4.72. The number of rotatable bonds is 4. The van der Waals surface area contributed by atoms with Crippen molar-refractivity contribution in [1.82, 2.24) is 10.2 Å². The molecule has 2 aliphatic rings. The molecule has 2 unspecified atom stereocenters. The Balaban J connectivity index is 1.57. The second-order valence-corrected chi connectivity index (χ2v) is 6.40. The van der Waals surface area contributed by atoms with Gasteiger partial charge in [-0.15, -0.1) is 0 Å². The zero-order valence-electron chi connectivity index (χ0n) is 12.4. The summed E-state index contributed by atoms with van der Waals surface area (Å²) in [7, 11) is 0. The molecular formula is C17H24N2O. The van der Waals surface area contributed by atoms with Crippen molar-refractivity contribution in [1.29, 1.82) is 0 Å². The maximum Gasteiger partial charge on any atom is 0.241 e. The number of hydrogen-bond donors (Lipinski definition) is 1. The summed E-state index contributed by atoms with van der Waals surface area (Å²) < 4.78 is 0. The molecule has 0 radical (unpaired) electrons. The molecule has 1 heterocycles. The Kier molecular flexibility index (Phi) is 3.79. The molecule has 0 spiro atoms. The SMILES string of the molecule is CC1CC(N2C(=O)C(CCc3ccccc3)NC2C)C1. The lowest BCUT2D eigenvalue weighted by Gasteiger charge is -2.41.